The number of anilines is 1. The summed E-state index contributed by atoms with van der Waals surface area (Å²) in [5.74, 6) is 1.15. The van der Waals surface area contributed by atoms with E-state index in [0.717, 1.165) is 17.0 Å². The zero-order chi connectivity index (χ0) is 12.3. The third-order valence-electron chi connectivity index (χ3n) is 2.54. The highest BCUT2D eigenvalue weighted by molar-refractivity contribution is 5.89. The standard InChI is InChI=1S/C11H14N4O2/c1-7-9(8(2)17-15-7)3-4-10(16)14-11-12-5-6-13-11/h5-6H,3-4H2,1-2H3,(H2,12,13,14,16). The first kappa shape index (κ1) is 11.4. The van der Waals surface area contributed by atoms with Gasteiger partial charge in [-0.25, -0.2) is 4.98 Å². The second-order valence-corrected chi connectivity index (χ2v) is 3.79. The Labute approximate surface area is 98.4 Å². The topological polar surface area (TPSA) is 83.8 Å². The Balaban J connectivity index is 1.88. The van der Waals surface area contributed by atoms with Gasteiger partial charge < -0.3 is 9.51 Å². The van der Waals surface area contributed by atoms with E-state index in [9.17, 15) is 4.79 Å². The minimum Gasteiger partial charge on any atom is -0.361 e. The Morgan fingerprint density at radius 2 is 2.35 bits per heavy atom. The van der Waals surface area contributed by atoms with E-state index in [1.165, 1.54) is 0 Å². The Hall–Kier alpha value is -2.11. The van der Waals surface area contributed by atoms with E-state index in [1.54, 1.807) is 12.4 Å². The van der Waals surface area contributed by atoms with E-state index in [4.69, 9.17) is 4.52 Å². The first-order chi connectivity index (χ1) is 8.16. The van der Waals surface area contributed by atoms with Crippen molar-refractivity contribution in [2.75, 3.05) is 5.32 Å². The van der Waals surface area contributed by atoms with Crippen LogP contribution in [0.25, 0.3) is 0 Å². The Bertz CT molecular complexity index is 482. The molecule has 0 saturated carbocycles. The summed E-state index contributed by atoms with van der Waals surface area (Å²) in [5, 5.41) is 6.51. The molecule has 2 aromatic heterocycles. The van der Waals surface area contributed by atoms with Crippen molar-refractivity contribution in [2.45, 2.75) is 26.7 Å². The number of hydrogen-bond acceptors (Lipinski definition) is 4. The van der Waals surface area contributed by atoms with Crippen molar-refractivity contribution >= 4 is 11.9 Å². The Kier molecular flexibility index (Phi) is 3.22. The monoisotopic (exact) mass is 234 g/mol. The normalized spacial score (nSPS) is 10.5. The van der Waals surface area contributed by atoms with Crippen molar-refractivity contribution in [3.05, 3.63) is 29.4 Å². The maximum Gasteiger partial charge on any atom is 0.227 e. The molecular formula is C11H14N4O2. The second-order valence-electron chi connectivity index (χ2n) is 3.79. The van der Waals surface area contributed by atoms with Crippen molar-refractivity contribution in [2.24, 2.45) is 0 Å². The van der Waals surface area contributed by atoms with Crippen molar-refractivity contribution in [3.63, 3.8) is 0 Å². The highest BCUT2D eigenvalue weighted by Crippen LogP contribution is 2.14. The van der Waals surface area contributed by atoms with Gasteiger partial charge in [-0.3, -0.25) is 10.1 Å². The van der Waals surface area contributed by atoms with Gasteiger partial charge in [-0.2, -0.15) is 0 Å². The molecule has 0 aliphatic carbocycles. The number of aromatic amines is 1. The molecule has 0 aliphatic heterocycles. The summed E-state index contributed by atoms with van der Waals surface area (Å²) in [5.41, 5.74) is 1.84. The Morgan fingerprint density at radius 1 is 1.53 bits per heavy atom. The maximum atomic E-state index is 11.6. The lowest BCUT2D eigenvalue weighted by atomic mass is 10.1. The minimum atomic E-state index is -0.0834. The fraction of sp³-hybridized carbons (Fsp3) is 0.364. The first-order valence-electron chi connectivity index (χ1n) is 5.38. The smallest absolute Gasteiger partial charge is 0.227 e. The van der Waals surface area contributed by atoms with Crippen molar-refractivity contribution in [1.82, 2.24) is 15.1 Å². The van der Waals surface area contributed by atoms with Gasteiger partial charge >= 0.3 is 0 Å². The zero-order valence-corrected chi connectivity index (χ0v) is 9.78. The lowest BCUT2D eigenvalue weighted by molar-refractivity contribution is -0.116. The van der Waals surface area contributed by atoms with Gasteiger partial charge in [-0.1, -0.05) is 5.16 Å². The van der Waals surface area contributed by atoms with E-state index >= 15 is 0 Å². The Morgan fingerprint density at radius 3 is 2.94 bits per heavy atom. The van der Waals surface area contributed by atoms with Crippen LogP contribution < -0.4 is 5.32 Å². The highest BCUT2D eigenvalue weighted by atomic mass is 16.5. The summed E-state index contributed by atoms with van der Waals surface area (Å²) in [6.07, 6.45) is 4.24. The van der Waals surface area contributed by atoms with Crippen LogP contribution in [0.2, 0.25) is 0 Å². The van der Waals surface area contributed by atoms with Crippen LogP contribution in [0.4, 0.5) is 5.95 Å². The number of nitrogens with zero attached hydrogens (tertiary/aromatic N) is 2. The molecule has 0 aliphatic rings. The quantitative estimate of drug-likeness (QED) is 0.841. The summed E-state index contributed by atoms with van der Waals surface area (Å²) >= 11 is 0. The summed E-state index contributed by atoms with van der Waals surface area (Å²) in [7, 11) is 0. The molecule has 6 heteroatoms. The molecule has 0 unspecified atom stereocenters. The molecule has 2 rings (SSSR count). The van der Waals surface area contributed by atoms with Gasteiger partial charge in [0.05, 0.1) is 5.69 Å². The van der Waals surface area contributed by atoms with E-state index in [0.29, 0.717) is 18.8 Å². The zero-order valence-electron chi connectivity index (χ0n) is 9.78. The molecular weight excluding hydrogens is 220 g/mol. The van der Waals surface area contributed by atoms with Gasteiger partial charge in [0.15, 0.2) is 0 Å². The average molecular weight is 234 g/mol. The van der Waals surface area contributed by atoms with Crippen LogP contribution in [0.5, 0.6) is 0 Å². The molecule has 1 amide bonds. The third-order valence-corrected chi connectivity index (χ3v) is 2.54. The summed E-state index contributed by atoms with van der Waals surface area (Å²) in [6, 6.07) is 0. The van der Waals surface area contributed by atoms with E-state index in [-0.39, 0.29) is 5.91 Å². The van der Waals surface area contributed by atoms with Crippen LogP contribution in [-0.4, -0.2) is 21.0 Å². The fourth-order valence-electron chi connectivity index (χ4n) is 1.63. The number of hydrogen-bond donors (Lipinski definition) is 2. The predicted octanol–water partition coefficient (Wildman–Crippen LogP) is 1.59. The molecule has 0 atom stereocenters. The van der Waals surface area contributed by atoms with Gasteiger partial charge in [0.25, 0.3) is 0 Å². The largest absolute Gasteiger partial charge is 0.361 e. The molecule has 6 nitrogen and oxygen atoms in total. The van der Waals surface area contributed by atoms with E-state index < -0.39 is 0 Å². The third kappa shape index (κ3) is 2.72. The number of rotatable bonds is 4. The predicted molar refractivity (Wildman–Crippen MR) is 61.5 cm³/mol. The number of carbonyl (C=O) groups excluding carboxylic acids is 1. The van der Waals surface area contributed by atoms with Gasteiger partial charge in [0, 0.05) is 24.4 Å². The van der Waals surface area contributed by atoms with Crippen LogP contribution in [-0.2, 0) is 11.2 Å². The molecule has 0 spiro atoms. The summed E-state index contributed by atoms with van der Waals surface area (Å²) in [4.78, 5) is 18.3. The van der Waals surface area contributed by atoms with Gasteiger partial charge in [0.2, 0.25) is 11.9 Å². The summed E-state index contributed by atoms with van der Waals surface area (Å²) in [6.45, 7) is 3.72. The van der Waals surface area contributed by atoms with Gasteiger partial charge in [-0.05, 0) is 20.3 Å². The van der Waals surface area contributed by atoms with Crippen molar-refractivity contribution in [3.8, 4) is 0 Å². The van der Waals surface area contributed by atoms with Gasteiger partial charge in [-0.15, -0.1) is 0 Å². The van der Waals surface area contributed by atoms with Crippen molar-refractivity contribution < 1.29 is 9.32 Å². The van der Waals surface area contributed by atoms with Gasteiger partial charge in [0.1, 0.15) is 5.76 Å². The molecule has 0 aromatic carbocycles. The number of imidazole rings is 1. The SMILES string of the molecule is Cc1noc(C)c1CCC(=O)Nc1ncc[nH]1. The number of nitrogens with one attached hydrogen (secondary N) is 2. The number of amides is 1. The number of aromatic nitrogens is 3. The molecule has 2 heterocycles. The number of H-pyrrole nitrogens is 1. The molecule has 0 saturated heterocycles. The minimum absolute atomic E-state index is 0.0834. The molecule has 0 radical (unpaired) electrons. The molecule has 0 fully saturated rings. The number of carbonyl (C=O) groups is 1. The second kappa shape index (κ2) is 4.82. The highest BCUT2D eigenvalue weighted by Gasteiger charge is 2.11. The molecule has 2 N–H and O–H groups in total. The van der Waals surface area contributed by atoms with E-state index in [2.05, 4.69) is 20.4 Å². The number of aryl methyl sites for hydroxylation is 2. The summed E-state index contributed by atoms with van der Waals surface area (Å²) < 4.78 is 5.03. The molecule has 2 aromatic rings. The van der Waals surface area contributed by atoms with E-state index in [1.807, 2.05) is 13.8 Å². The molecule has 17 heavy (non-hydrogen) atoms. The first-order valence-corrected chi connectivity index (χ1v) is 5.38. The average Bonchev–Trinajstić information content (AvgIpc) is 2.88. The van der Waals surface area contributed by atoms with Crippen LogP contribution in [0.3, 0.4) is 0 Å². The van der Waals surface area contributed by atoms with Crippen LogP contribution in [0, 0.1) is 13.8 Å². The van der Waals surface area contributed by atoms with Crippen LogP contribution in [0.15, 0.2) is 16.9 Å². The van der Waals surface area contributed by atoms with Crippen molar-refractivity contribution in [1.29, 1.82) is 0 Å². The van der Waals surface area contributed by atoms with Crippen LogP contribution >= 0.6 is 0 Å². The lowest BCUT2D eigenvalue weighted by Gasteiger charge is -2.01. The molecule has 90 valence electrons. The molecule has 0 bridgehead atoms. The lowest BCUT2D eigenvalue weighted by Crippen LogP contribution is -2.13. The fourth-order valence-corrected chi connectivity index (χ4v) is 1.63. The van der Waals surface area contributed by atoms with Crippen LogP contribution in [0.1, 0.15) is 23.4 Å². The maximum absolute atomic E-state index is 11.6.